The third-order valence-electron chi connectivity index (χ3n) is 4.00. The van der Waals surface area contributed by atoms with Crippen LogP contribution in [0.1, 0.15) is 26.7 Å². The van der Waals surface area contributed by atoms with Crippen molar-refractivity contribution in [1.29, 1.82) is 0 Å². The van der Waals surface area contributed by atoms with Crippen molar-refractivity contribution in [3.63, 3.8) is 0 Å². The smallest absolute Gasteiger partial charge is 0.324 e. The van der Waals surface area contributed by atoms with Gasteiger partial charge in [-0.3, -0.25) is 9.69 Å². The Morgan fingerprint density at radius 3 is 2.60 bits per heavy atom. The molecule has 0 saturated carbocycles. The van der Waals surface area contributed by atoms with E-state index in [9.17, 15) is 9.59 Å². The normalized spacial score (nSPS) is 26.4. The minimum absolute atomic E-state index is 0. The van der Waals surface area contributed by atoms with Gasteiger partial charge in [-0.2, -0.15) is 0 Å². The van der Waals surface area contributed by atoms with Gasteiger partial charge in [0.25, 0.3) is 5.91 Å². The van der Waals surface area contributed by atoms with Gasteiger partial charge in [-0.25, -0.2) is 4.79 Å². The molecule has 6 nitrogen and oxygen atoms in total. The Morgan fingerprint density at radius 1 is 1.35 bits per heavy atom. The van der Waals surface area contributed by atoms with E-state index in [1.165, 1.54) is 11.3 Å². The van der Waals surface area contributed by atoms with Crippen molar-refractivity contribution < 1.29 is 9.59 Å². The first-order chi connectivity index (χ1) is 8.94. The van der Waals surface area contributed by atoms with Crippen LogP contribution in [0.5, 0.6) is 0 Å². The number of rotatable bonds is 4. The number of urea groups is 1. The first kappa shape index (κ1) is 17.2. The van der Waals surface area contributed by atoms with E-state index in [0.717, 1.165) is 26.1 Å². The van der Waals surface area contributed by atoms with E-state index >= 15 is 0 Å². The second-order valence-corrected chi connectivity index (χ2v) is 5.94. The van der Waals surface area contributed by atoms with Gasteiger partial charge in [-0.15, -0.1) is 12.4 Å². The first-order valence-corrected chi connectivity index (χ1v) is 6.98. The minimum atomic E-state index is -0.757. The summed E-state index contributed by atoms with van der Waals surface area (Å²) >= 11 is 0. The molecule has 1 atom stereocenters. The van der Waals surface area contributed by atoms with Crippen molar-refractivity contribution >= 4 is 24.3 Å². The van der Waals surface area contributed by atoms with Gasteiger partial charge in [-0.1, -0.05) is 0 Å². The zero-order chi connectivity index (χ0) is 14.0. The molecule has 0 bridgehead atoms. The molecular weight excluding hydrogens is 280 g/mol. The molecule has 2 aliphatic heterocycles. The van der Waals surface area contributed by atoms with Gasteiger partial charge < -0.3 is 15.5 Å². The zero-order valence-corrected chi connectivity index (χ0v) is 13.3. The lowest BCUT2D eigenvalue weighted by Crippen LogP contribution is -2.47. The molecule has 2 aliphatic rings. The summed E-state index contributed by atoms with van der Waals surface area (Å²) in [5.74, 6) is -0.125. The van der Waals surface area contributed by atoms with Crippen LogP contribution < -0.4 is 10.6 Å². The Hall–Kier alpha value is -0.850. The average Bonchev–Trinajstić information content (AvgIpc) is 2.57. The summed E-state index contributed by atoms with van der Waals surface area (Å²) in [6.07, 6.45) is 2.36. The molecule has 0 radical (unpaired) electrons. The molecule has 1 unspecified atom stereocenters. The van der Waals surface area contributed by atoms with Gasteiger partial charge in [0.2, 0.25) is 0 Å². The third-order valence-corrected chi connectivity index (χ3v) is 4.00. The van der Waals surface area contributed by atoms with E-state index in [-0.39, 0.29) is 24.3 Å². The lowest BCUT2D eigenvalue weighted by Gasteiger charge is -2.33. The maximum absolute atomic E-state index is 12.0. The van der Waals surface area contributed by atoms with Crippen molar-refractivity contribution in [2.45, 2.75) is 38.3 Å². The fourth-order valence-corrected chi connectivity index (χ4v) is 2.76. The Bertz CT molecular complexity index is 375. The van der Waals surface area contributed by atoms with Crippen LogP contribution in [0.4, 0.5) is 4.79 Å². The molecule has 2 N–H and O–H groups in total. The molecule has 0 aromatic rings. The van der Waals surface area contributed by atoms with E-state index in [1.54, 1.807) is 13.8 Å². The van der Waals surface area contributed by atoms with Crippen molar-refractivity contribution in [1.82, 2.24) is 20.4 Å². The number of nitrogens with one attached hydrogen (secondary N) is 2. The molecule has 20 heavy (non-hydrogen) atoms. The number of carbonyl (C=O) groups is 2. The van der Waals surface area contributed by atoms with Crippen LogP contribution in [0.3, 0.4) is 0 Å². The van der Waals surface area contributed by atoms with Crippen molar-refractivity contribution in [3.05, 3.63) is 0 Å². The van der Waals surface area contributed by atoms with Crippen LogP contribution in [-0.4, -0.2) is 66.5 Å². The molecule has 2 heterocycles. The second-order valence-electron chi connectivity index (χ2n) is 5.94. The van der Waals surface area contributed by atoms with Gasteiger partial charge >= 0.3 is 6.03 Å². The number of carbonyl (C=O) groups excluding carboxylic acids is 2. The fraction of sp³-hybridized carbons (Fsp3) is 0.846. The van der Waals surface area contributed by atoms with E-state index < -0.39 is 5.54 Å². The van der Waals surface area contributed by atoms with Gasteiger partial charge in [0.05, 0.1) is 0 Å². The molecule has 2 fully saturated rings. The van der Waals surface area contributed by atoms with Crippen molar-refractivity contribution in [3.8, 4) is 0 Å². The van der Waals surface area contributed by atoms with Crippen molar-refractivity contribution in [2.24, 2.45) is 0 Å². The van der Waals surface area contributed by atoms with E-state index in [0.29, 0.717) is 12.6 Å². The number of imide groups is 1. The summed E-state index contributed by atoms with van der Waals surface area (Å²) < 4.78 is 0. The highest BCUT2D eigenvalue weighted by Crippen LogP contribution is 2.17. The quantitative estimate of drug-likeness (QED) is 0.739. The van der Waals surface area contributed by atoms with E-state index in [2.05, 4.69) is 15.5 Å². The number of hydrogen-bond donors (Lipinski definition) is 2. The molecule has 7 heteroatoms. The number of amides is 3. The molecule has 0 aliphatic carbocycles. The van der Waals surface area contributed by atoms with Gasteiger partial charge in [-0.05, 0) is 40.3 Å². The zero-order valence-electron chi connectivity index (χ0n) is 12.4. The monoisotopic (exact) mass is 304 g/mol. The summed E-state index contributed by atoms with van der Waals surface area (Å²) in [6, 6.07) is 0.255. The van der Waals surface area contributed by atoms with Gasteiger partial charge in [0, 0.05) is 25.7 Å². The highest BCUT2D eigenvalue weighted by molar-refractivity contribution is 6.06. The van der Waals surface area contributed by atoms with E-state index in [4.69, 9.17) is 0 Å². The Balaban J connectivity index is 0.00000200. The van der Waals surface area contributed by atoms with Crippen LogP contribution in [0.15, 0.2) is 0 Å². The second kappa shape index (κ2) is 6.74. The van der Waals surface area contributed by atoms with Crippen LogP contribution in [0.25, 0.3) is 0 Å². The number of hydrogen-bond acceptors (Lipinski definition) is 4. The van der Waals surface area contributed by atoms with Gasteiger partial charge in [0.15, 0.2) is 0 Å². The third kappa shape index (κ3) is 3.62. The molecule has 0 aromatic heterocycles. The molecule has 2 saturated heterocycles. The summed E-state index contributed by atoms with van der Waals surface area (Å²) in [4.78, 5) is 27.5. The lowest BCUT2D eigenvalue weighted by molar-refractivity contribution is -0.130. The Kier molecular flexibility index (Phi) is 5.79. The van der Waals surface area contributed by atoms with E-state index in [1.807, 2.05) is 7.05 Å². The lowest BCUT2D eigenvalue weighted by atomic mass is 10.1. The topological polar surface area (TPSA) is 64.7 Å². The van der Waals surface area contributed by atoms with Gasteiger partial charge in [0.1, 0.15) is 5.54 Å². The summed E-state index contributed by atoms with van der Waals surface area (Å²) in [5.41, 5.74) is -0.757. The maximum Gasteiger partial charge on any atom is 0.325 e. The Morgan fingerprint density at radius 2 is 2.05 bits per heavy atom. The van der Waals surface area contributed by atoms with Crippen LogP contribution in [0, 0.1) is 0 Å². The molecule has 0 spiro atoms. The number of likely N-dealkylation sites (N-methyl/N-ethyl adjacent to an activating group) is 1. The maximum atomic E-state index is 12.0. The highest BCUT2D eigenvalue weighted by Gasteiger charge is 2.44. The first-order valence-electron chi connectivity index (χ1n) is 6.98. The van der Waals surface area contributed by atoms with Crippen LogP contribution >= 0.6 is 12.4 Å². The summed E-state index contributed by atoms with van der Waals surface area (Å²) in [7, 11) is 1.98. The number of nitrogens with zero attached hydrogens (tertiary/aromatic N) is 2. The SMILES string of the molecule is CNC1CCCN(CCN2C(=O)NC(C)(C)C2=O)C1.Cl. The molecule has 0 aromatic carbocycles. The predicted molar refractivity (Wildman–Crippen MR) is 80.1 cm³/mol. The fourth-order valence-electron chi connectivity index (χ4n) is 2.76. The number of likely N-dealkylation sites (tertiary alicyclic amines) is 1. The molecular formula is C13H25ClN4O2. The minimum Gasteiger partial charge on any atom is -0.324 e. The highest BCUT2D eigenvalue weighted by atomic mass is 35.5. The molecule has 3 amide bonds. The number of halogens is 1. The Labute approximate surface area is 126 Å². The van der Waals surface area contributed by atoms with Crippen LogP contribution in [-0.2, 0) is 4.79 Å². The summed E-state index contributed by atoms with van der Waals surface area (Å²) in [6.45, 7) is 6.75. The standard InChI is InChI=1S/C13H24N4O2.ClH/c1-13(2)11(18)17(12(19)15-13)8-7-16-6-4-5-10(9-16)14-3;/h10,14H,4-9H2,1-3H3,(H,15,19);1H. The largest absolute Gasteiger partial charge is 0.325 e. The predicted octanol–water partition coefficient (Wildman–Crippen LogP) is 0.422. The average molecular weight is 305 g/mol. The number of piperidine rings is 1. The molecule has 2 rings (SSSR count). The van der Waals surface area contributed by atoms with Crippen LogP contribution in [0.2, 0.25) is 0 Å². The molecule has 116 valence electrons. The summed E-state index contributed by atoms with van der Waals surface area (Å²) in [5, 5.41) is 6.00. The van der Waals surface area contributed by atoms with Crippen molar-refractivity contribution in [2.75, 3.05) is 33.2 Å².